The summed E-state index contributed by atoms with van der Waals surface area (Å²) in [5, 5.41) is 10.5. The molecule has 0 bridgehead atoms. The van der Waals surface area contributed by atoms with Crippen LogP contribution >= 0.6 is 0 Å². The summed E-state index contributed by atoms with van der Waals surface area (Å²) in [7, 11) is -3.13. The number of carboxylic acid groups (broad SMARTS) is 1. The molecule has 0 amide bonds. The Balaban J connectivity index is 2.85. The summed E-state index contributed by atoms with van der Waals surface area (Å²) < 4.78 is 6.31. The average molecular weight is 411 g/mol. The highest BCUT2D eigenvalue weighted by Crippen LogP contribution is 2.39. The maximum Gasteiger partial charge on any atom is 0.328 e. The molecule has 5 heteroatoms. The number of benzene rings is 2. The molecule has 0 aliphatic carbocycles. The molecule has 1 unspecified atom stereocenters. The fourth-order valence-corrected chi connectivity index (χ4v) is 8.42. The lowest BCUT2D eigenvalue weighted by atomic mass is 9.87. The van der Waals surface area contributed by atoms with Gasteiger partial charge < -0.3 is 9.53 Å². The number of carbonyl (C=O) groups excluding carboxylic acids is 1. The van der Waals surface area contributed by atoms with Crippen molar-refractivity contribution in [1.29, 1.82) is 0 Å². The molecule has 0 aromatic heterocycles. The zero-order valence-corrected chi connectivity index (χ0v) is 19.0. The first kappa shape index (κ1) is 22.6. The van der Waals surface area contributed by atoms with E-state index in [9.17, 15) is 9.59 Å². The molecular formula is C24H30O4Si. The van der Waals surface area contributed by atoms with Crippen molar-refractivity contribution in [3.8, 4) is 0 Å². The van der Waals surface area contributed by atoms with Gasteiger partial charge in [0.25, 0.3) is 0 Å². The molecule has 2 aromatic rings. The van der Waals surface area contributed by atoms with Gasteiger partial charge in [-0.05, 0) is 26.4 Å². The predicted molar refractivity (Wildman–Crippen MR) is 119 cm³/mol. The Morgan fingerprint density at radius 3 is 1.93 bits per heavy atom. The lowest BCUT2D eigenvalue weighted by molar-refractivity contribution is -0.133. The van der Waals surface area contributed by atoms with Gasteiger partial charge in [0.2, 0.25) is 0 Å². The Morgan fingerprint density at radius 1 is 0.862 bits per heavy atom. The second-order valence-corrected chi connectivity index (χ2v) is 13.4. The molecule has 4 nitrogen and oxygen atoms in total. The third kappa shape index (κ3) is 4.85. The van der Waals surface area contributed by atoms with Gasteiger partial charge in [-0.1, -0.05) is 96.1 Å². The molecule has 0 aliphatic rings. The van der Waals surface area contributed by atoms with Crippen molar-refractivity contribution in [2.75, 3.05) is 0 Å². The molecule has 0 fully saturated rings. The number of hydrogen-bond donors (Lipinski definition) is 1. The van der Waals surface area contributed by atoms with E-state index in [0.29, 0.717) is 0 Å². The van der Waals surface area contributed by atoms with Crippen molar-refractivity contribution in [2.24, 2.45) is 0 Å². The Morgan fingerprint density at radius 2 is 1.41 bits per heavy atom. The Kier molecular flexibility index (Phi) is 6.53. The molecule has 1 N–H and O–H groups in total. The summed E-state index contributed by atoms with van der Waals surface area (Å²) in [6.45, 7) is 12.7. The Labute approximate surface area is 174 Å². The third-order valence-corrected chi connectivity index (χ3v) is 9.93. The van der Waals surface area contributed by atoms with Gasteiger partial charge in [-0.3, -0.25) is 0 Å². The molecule has 2 aromatic carbocycles. The van der Waals surface area contributed by atoms with Crippen LogP contribution in [-0.4, -0.2) is 25.4 Å². The van der Waals surface area contributed by atoms with Crippen LogP contribution in [0.5, 0.6) is 0 Å². The topological polar surface area (TPSA) is 63.6 Å². The maximum absolute atomic E-state index is 12.8. The summed E-state index contributed by atoms with van der Waals surface area (Å²) in [6, 6.07) is 18.0. The molecule has 0 radical (unpaired) electrons. The van der Waals surface area contributed by atoms with Gasteiger partial charge in [-0.15, -0.1) is 0 Å². The van der Waals surface area contributed by atoms with Crippen molar-refractivity contribution in [3.05, 3.63) is 72.3 Å². The highest BCUT2D eigenvalue weighted by atomic mass is 28.4. The fourth-order valence-electron chi connectivity index (χ4n) is 3.70. The Bertz CT molecular complexity index is 904. The normalized spacial score (nSPS) is 14.4. The molecule has 1 atom stereocenters. The van der Waals surface area contributed by atoms with Crippen molar-refractivity contribution < 1.29 is 19.1 Å². The van der Waals surface area contributed by atoms with Crippen molar-refractivity contribution >= 4 is 30.6 Å². The minimum absolute atomic E-state index is 0.155. The number of aliphatic carboxylic acids is 1. The van der Waals surface area contributed by atoms with Crippen LogP contribution in [0.2, 0.25) is 5.04 Å². The predicted octanol–water partition coefficient (Wildman–Crippen LogP) is 4.03. The zero-order chi connectivity index (χ0) is 21.9. The Hall–Kier alpha value is -2.66. The first-order valence-corrected chi connectivity index (χ1v) is 11.6. The molecule has 0 saturated carbocycles. The molecule has 2 rings (SSSR count). The van der Waals surface area contributed by atoms with Gasteiger partial charge >= 0.3 is 20.3 Å². The quantitative estimate of drug-likeness (QED) is 0.597. The maximum atomic E-state index is 12.8. The van der Waals surface area contributed by atoms with E-state index in [2.05, 4.69) is 53.7 Å². The van der Waals surface area contributed by atoms with Crippen molar-refractivity contribution in [1.82, 2.24) is 0 Å². The van der Waals surface area contributed by atoms with Crippen LogP contribution in [0.4, 0.5) is 0 Å². The fraction of sp³-hybridized carbons (Fsp3) is 0.333. The van der Waals surface area contributed by atoms with E-state index in [1.54, 1.807) is 0 Å². The van der Waals surface area contributed by atoms with Gasteiger partial charge in [0.05, 0.1) is 0 Å². The average Bonchev–Trinajstić information content (AvgIpc) is 2.63. The minimum atomic E-state index is -3.13. The van der Waals surface area contributed by atoms with Gasteiger partial charge in [-0.2, -0.15) is 0 Å². The standard InChI is InChI=1S/C24H30O4Si/c1-23(2,3)19-14-10-11-15-20(19)29(24(4,5)6,18-12-8-7-9-13-18)28-22(27)17-16-21(25)26/h7-17H,1-6H3,(H,25,26). The first-order valence-electron chi connectivity index (χ1n) is 9.69. The van der Waals surface area contributed by atoms with Crippen LogP contribution in [-0.2, 0) is 19.4 Å². The smallest absolute Gasteiger partial charge is 0.328 e. The third-order valence-electron chi connectivity index (χ3n) is 4.97. The summed E-state index contributed by atoms with van der Waals surface area (Å²) in [4.78, 5) is 23.7. The zero-order valence-electron chi connectivity index (χ0n) is 18.0. The van der Waals surface area contributed by atoms with E-state index < -0.39 is 20.3 Å². The summed E-state index contributed by atoms with van der Waals surface area (Å²) in [5.41, 5.74) is 0.971. The van der Waals surface area contributed by atoms with Gasteiger partial charge in [0.1, 0.15) is 0 Å². The van der Waals surface area contributed by atoms with E-state index in [-0.39, 0.29) is 10.5 Å². The SMILES string of the molecule is CC(C)(C)c1ccccc1[Si](OC(=O)C=CC(=O)O)(c1ccccc1)C(C)(C)C. The second-order valence-electron chi connectivity index (χ2n) is 9.19. The van der Waals surface area contributed by atoms with Crippen LogP contribution in [0.1, 0.15) is 47.1 Å². The van der Waals surface area contributed by atoms with Crippen molar-refractivity contribution in [2.45, 2.75) is 52.0 Å². The van der Waals surface area contributed by atoms with Crippen LogP contribution in [0.25, 0.3) is 0 Å². The monoisotopic (exact) mass is 410 g/mol. The summed E-state index contributed by atoms with van der Waals surface area (Å²) in [6.07, 6.45) is 1.82. The van der Waals surface area contributed by atoms with Crippen molar-refractivity contribution in [3.63, 3.8) is 0 Å². The highest BCUT2D eigenvalue weighted by Gasteiger charge is 2.54. The molecular weight excluding hydrogens is 380 g/mol. The van der Waals surface area contributed by atoms with E-state index in [1.165, 1.54) is 0 Å². The minimum Gasteiger partial charge on any atom is -0.506 e. The van der Waals surface area contributed by atoms with Gasteiger partial charge in [-0.25, -0.2) is 9.59 Å². The van der Waals surface area contributed by atoms with E-state index >= 15 is 0 Å². The molecule has 29 heavy (non-hydrogen) atoms. The largest absolute Gasteiger partial charge is 0.506 e. The number of rotatable bonds is 5. The lowest BCUT2D eigenvalue weighted by Gasteiger charge is -2.44. The van der Waals surface area contributed by atoms with Crippen LogP contribution in [0, 0.1) is 0 Å². The lowest BCUT2D eigenvalue weighted by Crippen LogP contribution is -2.68. The molecule has 0 spiro atoms. The van der Waals surface area contributed by atoms with E-state index in [4.69, 9.17) is 9.53 Å². The first-order chi connectivity index (χ1) is 13.4. The second kappa shape index (κ2) is 8.37. The molecule has 0 saturated heterocycles. The van der Waals surface area contributed by atoms with E-state index in [0.717, 1.165) is 28.1 Å². The molecule has 0 heterocycles. The summed E-state index contributed by atoms with van der Waals surface area (Å²) >= 11 is 0. The van der Waals surface area contributed by atoms with Crippen LogP contribution in [0.3, 0.4) is 0 Å². The number of carboxylic acids is 1. The molecule has 154 valence electrons. The van der Waals surface area contributed by atoms with Gasteiger partial charge in [0.15, 0.2) is 0 Å². The van der Waals surface area contributed by atoms with Crippen LogP contribution < -0.4 is 10.4 Å². The highest BCUT2D eigenvalue weighted by molar-refractivity contribution is 7.00. The number of hydrogen-bond acceptors (Lipinski definition) is 3. The van der Waals surface area contributed by atoms with E-state index in [1.807, 2.05) is 42.5 Å². The molecule has 0 aliphatic heterocycles. The van der Waals surface area contributed by atoms with Crippen LogP contribution in [0.15, 0.2) is 66.7 Å². The summed E-state index contributed by atoms with van der Waals surface area (Å²) in [5.74, 6) is -1.82. The van der Waals surface area contributed by atoms with Gasteiger partial charge in [0, 0.05) is 12.2 Å². The number of carbonyl (C=O) groups is 2.